The number of rotatable bonds is 7. The van der Waals surface area contributed by atoms with E-state index in [1.165, 1.54) is 23.1 Å². The predicted molar refractivity (Wildman–Crippen MR) is 109 cm³/mol. The number of anilines is 2. The van der Waals surface area contributed by atoms with Gasteiger partial charge in [-0.1, -0.05) is 36.4 Å². The van der Waals surface area contributed by atoms with Crippen molar-refractivity contribution in [3.05, 3.63) is 84.4 Å². The minimum absolute atomic E-state index is 0.0425. The van der Waals surface area contributed by atoms with Crippen LogP contribution < -0.4 is 24.7 Å². The number of urea groups is 1. The molecule has 3 rings (SSSR count). The van der Waals surface area contributed by atoms with Crippen molar-refractivity contribution in [2.75, 3.05) is 4.90 Å². The number of hydrogen-bond acceptors (Lipinski definition) is 5. The molecule has 0 unspecified atom stereocenters. The fourth-order valence-corrected chi connectivity index (χ4v) is 3.02. The highest BCUT2D eigenvalue weighted by molar-refractivity contribution is 7.84. The van der Waals surface area contributed by atoms with Gasteiger partial charge in [0.1, 0.15) is 18.1 Å². The molecule has 0 aliphatic carbocycles. The molecule has 3 aromatic rings. The number of nitrogens with two attached hydrogens (primary N) is 2. The summed E-state index contributed by atoms with van der Waals surface area (Å²) >= 11 is 0. The minimum Gasteiger partial charge on any atom is -0.489 e. The number of benzene rings is 3. The largest absolute Gasteiger partial charge is 0.489 e. The summed E-state index contributed by atoms with van der Waals surface area (Å²) in [5, 5.41) is 4.88. The van der Waals surface area contributed by atoms with Gasteiger partial charge in [0.15, 0.2) is 0 Å². The van der Waals surface area contributed by atoms with Crippen molar-refractivity contribution in [2.24, 2.45) is 10.9 Å². The molecule has 0 spiro atoms. The van der Waals surface area contributed by atoms with Crippen LogP contribution in [0.4, 0.5) is 16.2 Å². The summed E-state index contributed by atoms with van der Waals surface area (Å²) in [6.45, 7) is 0.409. The second kappa shape index (κ2) is 8.63. The maximum Gasteiger partial charge on any atom is 0.380 e. The minimum atomic E-state index is -4.19. The molecule has 0 saturated heterocycles. The van der Waals surface area contributed by atoms with Crippen LogP contribution in [0.3, 0.4) is 0 Å². The van der Waals surface area contributed by atoms with Crippen LogP contribution in [0.2, 0.25) is 0 Å². The number of nitrogens with zero attached hydrogens (tertiary/aromatic N) is 1. The van der Waals surface area contributed by atoms with Crippen LogP contribution in [0.25, 0.3) is 0 Å². The van der Waals surface area contributed by atoms with Crippen LogP contribution in [-0.4, -0.2) is 14.4 Å². The third-order valence-electron chi connectivity index (χ3n) is 3.85. The van der Waals surface area contributed by atoms with Gasteiger partial charge in [-0.15, -0.1) is 0 Å². The number of ether oxygens (including phenoxy) is 1. The van der Waals surface area contributed by atoms with Crippen LogP contribution in [0.1, 0.15) is 5.56 Å². The molecule has 0 saturated carbocycles. The summed E-state index contributed by atoms with van der Waals surface area (Å²) in [7, 11) is -4.19. The number of hydrogen-bond donors (Lipinski definition) is 2. The zero-order valence-corrected chi connectivity index (χ0v) is 16.1. The lowest BCUT2D eigenvalue weighted by Crippen LogP contribution is -2.31. The van der Waals surface area contributed by atoms with Crippen molar-refractivity contribution >= 4 is 27.7 Å². The van der Waals surface area contributed by atoms with Gasteiger partial charge in [0.2, 0.25) is 0 Å². The average Bonchev–Trinajstić information content (AvgIpc) is 2.67. The number of carbonyl (C=O) groups excluding carboxylic acids is 1. The molecule has 0 aliphatic rings. The predicted octanol–water partition coefficient (Wildman–Crippen LogP) is 3.06. The molecule has 0 atom stereocenters. The summed E-state index contributed by atoms with van der Waals surface area (Å²) in [6, 6.07) is 21.5. The Morgan fingerprint density at radius 2 is 1.55 bits per heavy atom. The fourth-order valence-electron chi connectivity index (χ4n) is 2.64. The van der Waals surface area contributed by atoms with Crippen LogP contribution in [-0.2, 0) is 16.9 Å². The Kier molecular flexibility index (Phi) is 6.01. The van der Waals surface area contributed by atoms with Crippen LogP contribution >= 0.6 is 0 Å². The first-order valence-corrected chi connectivity index (χ1v) is 9.97. The number of amides is 2. The Labute approximate surface area is 168 Å². The van der Waals surface area contributed by atoms with E-state index >= 15 is 0 Å². The summed E-state index contributed by atoms with van der Waals surface area (Å²) in [4.78, 5) is 13.2. The highest BCUT2D eigenvalue weighted by Crippen LogP contribution is 2.30. The summed E-state index contributed by atoms with van der Waals surface area (Å²) in [5.41, 5.74) is 7.34. The lowest BCUT2D eigenvalue weighted by atomic mass is 10.2. The molecule has 0 heterocycles. The van der Waals surface area contributed by atoms with Gasteiger partial charge in [-0.25, -0.2) is 4.79 Å². The summed E-state index contributed by atoms with van der Waals surface area (Å²) in [5.74, 6) is 0.576. The lowest BCUT2D eigenvalue weighted by molar-refractivity contribution is 0.256. The Morgan fingerprint density at radius 3 is 2.17 bits per heavy atom. The first-order chi connectivity index (χ1) is 13.8. The van der Waals surface area contributed by atoms with Crippen molar-refractivity contribution in [1.82, 2.24) is 0 Å². The van der Waals surface area contributed by atoms with Gasteiger partial charge < -0.3 is 14.7 Å². The van der Waals surface area contributed by atoms with Gasteiger partial charge >= 0.3 is 16.3 Å². The van der Waals surface area contributed by atoms with E-state index < -0.39 is 16.3 Å². The molecule has 29 heavy (non-hydrogen) atoms. The van der Waals surface area contributed by atoms with Crippen molar-refractivity contribution in [2.45, 2.75) is 6.61 Å². The Balaban J connectivity index is 1.79. The molecule has 8 nitrogen and oxygen atoms in total. The zero-order chi connectivity index (χ0) is 20.9. The van der Waals surface area contributed by atoms with Gasteiger partial charge in [-0.3, -0.25) is 4.90 Å². The van der Waals surface area contributed by atoms with E-state index in [2.05, 4.69) is 4.18 Å². The van der Waals surface area contributed by atoms with Gasteiger partial charge in [0.25, 0.3) is 0 Å². The maximum atomic E-state index is 12.0. The van der Waals surface area contributed by atoms with Crippen molar-refractivity contribution < 1.29 is 22.1 Å². The molecule has 0 radical (unpaired) electrons. The SMILES string of the molecule is NC(=O)N(c1ccc(OCc2ccccc2)cc1)c1cccc(OS(N)(=O)=O)c1. The van der Waals surface area contributed by atoms with Gasteiger partial charge in [0, 0.05) is 6.07 Å². The zero-order valence-electron chi connectivity index (χ0n) is 15.3. The molecule has 0 aliphatic heterocycles. The Hall–Kier alpha value is -3.56. The number of carbonyl (C=O) groups is 1. The van der Waals surface area contributed by atoms with E-state index in [0.717, 1.165) is 5.56 Å². The molecule has 0 fully saturated rings. The highest BCUT2D eigenvalue weighted by atomic mass is 32.2. The van der Waals surface area contributed by atoms with E-state index in [-0.39, 0.29) is 5.75 Å². The third kappa shape index (κ3) is 5.71. The topological polar surface area (TPSA) is 125 Å². The Morgan fingerprint density at radius 1 is 0.862 bits per heavy atom. The highest BCUT2D eigenvalue weighted by Gasteiger charge is 2.17. The lowest BCUT2D eigenvalue weighted by Gasteiger charge is -2.21. The average molecular weight is 413 g/mol. The first-order valence-electron chi connectivity index (χ1n) is 8.50. The molecule has 3 aromatic carbocycles. The molecular formula is C20H19N3O5S. The van der Waals surface area contributed by atoms with Gasteiger partial charge in [0.05, 0.1) is 11.4 Å². The standard InChI is InChI=1S/C20H19N3O5S/c21-20(24)23(17-7-4-8-19(13-17)28-29(22,25)26)16-9-11-18(12-10-16)27-14-15-5-2-1-3-6-15/h1-13H,14H2,(H2,21,24)(H2,22,25,26). The van der Waals surface area contributed by atoms with E-state index in [0.29, 0.717) is 23.7 Å². The normalized spacial score (nSPS) is 10.9. The van der Waals surface area contributed by atoms with Crippen LogP contribution in [0, 0.1) is 0 Å². The van der Waals surface area contributed by atoms with Gasteiger partial charge in [-0.05, 0) is 42.0 Å². The third-order valence-corrected chi connectivity index (χ3v) is 4.28. The molecule has 4 N–H and O–H groups in total. The van der Waals surface area contributed by atoms with E-state index in [1.54, 1.807) is 30.3 Å². The van der Waals surface area contributed by atoms with Crippen molar-refractivity contribution in [1.29, 1.82) is 0 Å². The summed E-state index contributed by atoms with van der Waals surface area (Å²) < 4.78 is 32.6. The van der Waals surface area contributed by atoms with E-state index in [9.17, 15) is 13.2 Å². The first kappa shape index (κ1) is 20.2. The molecule has 0 aromatic heterocycles. The monoisotopic (exact) mass is 413 g/mol. The molecule has 2 amide bonds. The molecule has 9 heteroatoms. The van der Waals surface area contributed by atoms with Crippen molar-refractivity contribution in [3.8, 4) is 11.5 Å². The van der Waals surface area contributed by atoms with E-state index in [1.807, 2.05) is 30.3 Å². The maximum absolute atomic E-state index is 12.0. The fraction of sp³-hybridized carbons (Fsp3) is 0.0500. The Bertz CT molecular complexity index is 1090. The quantitative estimate of drug-likeness (QED) is 0.616. The molecule has 150 valence electrons. The van der Waals surface area contributed by atoms with Crippen LogP contribution in [0.5, 0.6) is 11.5 Å². The second-order valence-corrected chi connectivity index (χ2v) is 7.17. The summed E-state index contributed by atoms with van der Waals surface area (Å²) in [6.07, 6.45) is 0. The molecule has 0 bridgehead atoms. The van der Waals surface area contributed by atoms with Crippen molar-refractivity contribution in [3.63, 3.8) is 0 Å². The smallest absolute Gasteiger partial charge is 0.380 e. The van der Waals surface area contributed by atoms with E-state index in [4.69, 9.17) is 15.6 Å². The second-order valence-electron chi connectivity index (χ2n) is 6.02. The number of primary amides is 1. The van der Waals surface area contributed by atoms with Crippen LogP contribution in [0.15, 0.2) is 78.9 Å². The molecular weight excluding hydrogens is 394 g/mol. The van der Waals surface area contributed by atoms with Gasteiger partial charge in [-0.2, -0.15) is 13.6 Å².